The van der Waals surface area contributed by atoms with E-state index in [4.69, 9.17) is 34.8 Å². The highest BCUT2D eigenvalue weighted by Crippen LogP contribution is 2.37. The molecule has 1 fully saturated rings. The van der Waals surface area contributed by atoms with E-state index in [1.165, 1.54) is 31.4 Å². The summed E-state index contributed by atoms with van der Waals surface area (Å²) in [7, 11) is -1.02. The highest BCUT2D eigenvalue weighted by Gasteiger charge is 2.34. The van der Waals surface area contributed by atoms with Crippen LogP contribution in [0.2, 0.25) is 12.1 Å². The molecule has 0 nitrogen and oxygen atoms in total. The molecule has 1 rings (SSSR count). The van der Waals surface area contributed by atoms with Crippen molar-refractivity contribution in [1.29, 1.82) is 0 Å². The van der Waals surface area contributed by atoms with Gasteiger partial charge in [-0.1, -0.05) is 66.2 Å². The van der Waals surface area contributed by atoms with Crippen molar-refractivity contribution in [1.82, 2.24) is 0 Å². The van der Waals surface area contributed by atoms with Crippen molar-refractivity contribution in [2.45, 2.75) is 34.8 Å². The van der Waals surface area contributed by atoms with Crippen LogP contribution in [0.25, 0.3) is 0 Å². The number of hydrogen-bond acceptors (Lipinski definition) is 0. The van der Waals surface area contributed by atoms with Gasteiger partial charge in [0.25, 0.3) is 0 Å². The van der Waals surface area contributed by atoms with Crippen LogP contribution in [-0.4, -0.2) is 12.2 Å². The summed E-state index contributed by atoms with van der Waals surface area (Å²) in [6, 6.07) is 2.44. The van der Waals surface area contributed by atoms with Crippen molar-refractivity contribution >= 4 is 43.6 Å². The van der Waals surface area contributed by atoms with Crippen LogP contribution in [0.1, 0.15) is 19.3 Å². The summed E-state index contributed by atoms with van der Waals surface area (Å²) in [4.78, 5) is 0. The van der Waals surface area contributed by atoms with E-state index in [-0.39, 0.29) is 0 Å². The molecule has 0 aromatic heterocycles. The number of hydrogen-bond donors (Lipinski definition) is 0. The van der Waals surface area contributed by atoms with E-state index >= 15 is 0 Å². The zero-order valence-electron chi connectivity index (χ0n) is 5.75. The molecule has 0 aromatic rings. The molecule has 0 N–H and O–H groups in total. The maximum absolute atomic E-state index is 5.80. The van der Waals surface area contributed by atoms with Crippen LogP contribution < -0.4 is 0 Å². The van der Waals surface area contributed by atoms with Gasteiger partial charge < -0.3 is 0 Å². The summed E-state index contributed by atoms with van der Waals surface area (Å²) in [5, 5.41) is 0. The molecular weight excluding hydrogens is 207 g/mol. The SMILES string of the molecule is ClC(Cl)(Cl)[SiH]1CCCCC1. The first kappa shape index (κ1) is 9.18. The van der Waals surface area contributed by atoms with Crippen molar-refractivity contribution in [3.63, 3.8) is 0 Å². The fraction of sp³-hybridized carbons (Fsp3) is 1.00. The summed E-state index contributed by atoms with van der Waals surface area (Å²) in [6.07, 6.45) is 3.90. The van der Waals surface area contributed by atoms with Gasteiger partial charge in [-0.2, -0.15) is 0 Å². The second-order valence-corrected chi connectivity index (χ2v) is 9.76. The number of halogens is 3. The van der Waals surface area contributed by atoms with Crippen LogP contribution >= 0.6 is 34.8 Å². The molecule has 1 aliphatic heterocycles. The van der Waals surface area contributed by atoms with Gasteiger partial charge in [0, 0.05) is 0 Å². The van der Waals surface area contributed by atoms with Gasteiger partial charge in [0.1, 0.15) is 8.80 Å². The normalized spacial score (nSPS) is 23.1. The summed E-state index contributed by atoms with van der Waals surface area (Å²) >= 11 is 17.4. The number of rotatable bonds is 0. The Bertz CT molecular complexity index is 104. The lowest BCUT2D eigenvalue weighted by Crippen LogP contribution is -2.32. The molecule has 1 aliphatic rings. The Morgan fingerprint density at radius 1 is 0.900 bits per heavy atom. The third-order valence-corrected chi connectivity index (χ3v) is 7.98. The minimum Gasteiger partial charge on any atom is -0.0886 e. The minimum absolute atomic E-state index is 0.875. The first-order valence-electron chi connectivity index (χ1n) is 3.67. The number of alkyl halides is 3. The average molecular weight is 218 g/mol. The van der Waals surface area contributed by atoms with E-state index in [1.54, 1.807) is 0 Å². The van der Waals surface area contributed by atoms with Crippen LogP contribution in [0.15, 0.2) is 0 Å². The molecule has 0 aromatic carbocycles. The molecule has 1 saturated heterocycles. The zero-order valence-corrected chi connectivity index (χ0v) is 9.17. The Morgan fingerprint density at radius 2 is 1.40 bits per heavy atom. The van der Waals surface area contributed by atoms with Gasteiger partial charge in [0.05, 0.1) is 0 Å². The van der Waals surface area contributed by atoms with E-state index in [1.807, 2.05) is 0 Å². The minimum atomic E-state index is -1.02. The van der Waals surface area contributed by atoms with E-state index in [9.17, 15) is 0 Å². The smallest absolute Gasteiger partial charge is 0.0886 e. The summed E-state index contributed by atoms with van der Waals surface area (Å²) in [5.74, 6) is 0. The molecule has 0 spiro atoms. The van der Waals surface area contributed by atoms with Crippen molar-refractivity contribution in [3.8, 4) is 0 Å². The second-order valence-electron chi connectivity index (χ2n) is 2.88. The van der Waals surface area contributed by atoms with E-state index < -0.39 is 12.2 Å². The fourth-order valence-electron chi connectivity index (χ4n) is 1.43. The van der Waals surface area contributed by atoms with Crippen LogP contribution in [-0.2, 0) is 0 Å². The Hall–Kier alpha value is 1.09. The lowest BCUT2D eigenvalue weighted by atomic mass is 10.3. The van der Waals surface area contributed by atoms with Gasteiger partial charge in [-0.25, -0.2) is 0 Å². The van der Waals surface area contributed by atoms with Crippen LogP contribution in [0.4, 0.5) is 0 Å². The van der Waals surface area contributed by atoms with Crippen LogP contribution in [0.5, 0.6) is 0 Å². The quantitative estimate of drug-likeness (QED) is 0.431. The topological polar surface area (TPSA) is 0 Å². The lowest BCUT2D eigenvalue weighted by Gasteiger charge is -2.26. The molecule has 1 heterocycles. The third kappa shape index (κ3) is 2.61. The standard InChI is InChI=1S/C6H11Cl3Si/c7-6(8,9)10-4-2-1-3-5-10/h10H,1-5H2. The van der Waals surface area contributed by atoms with Crippen LogP contribution in [0.3, 0.4) is 0 Å². The maximum Gasteiger partial charge on any atom is 0.173 e. The molecule has 10 heavy (non-hydrogen) atoms. The van der Waals surface area contributed by atoms with Gasteiger partial charge in [0.2, 0.25) is 0 Å². The molecule has 0 radical (unpaired) electrons. The van der Waals surface area contributed by atoms with Crippen molar-refractivity contribution < 1.29 is 0 Å². The molecule has 0 saturated carbocycles. The second kappa shape index (κ2) is 3.66. The molecule has 0 atom stereocenters. The Morgan fingerprint density at radius 3 is 1.70 bits per heavy atom. The maximum atomic E-state index is 5.80. The fourth-order valence-corrected chi connectivity index (χ4v) is 5.90. The Labute approximate surface area is 78.4 Å². The van der Waals surface area contributed by atoms with Gasteiger partial charge in [-0.15, -0.1) is 0 Å². The summed E-state index contributed by atoms with van der Waals surface area (Å²) < 4.78 is -0.875. The van der Waals surface area contributed by atoms with Crippen LogP contribution in [0, 0.1) is 0 Å². The monoisotopic (exact) mass is 216 g/mol. The van der Waals surface area contributed by atoms with E-state index in [0.29, 0.717) is 0 Å². The first-order valence-corrected chi connectivity index (χ1v) is 7.02. The summed E-state index contributed by atoms with van der Waals surface area (Å²) in [5.41, 5.74) is 0. The molecule has 0 aliphatic carbocycles. The molecule has 60 valence electrons. The van der Waals surface area contributed by atoms with Gasteiger partial charge >= 0.3 is 0 Å². The highest BCUT2D eigenvalue weighted by atomic mass is 35.6. The van der Waals surface area contributed by atoms with Crippen molar-refractivity contribution in [3.05, 3.63) is 0 Å². The summed E-state index contributed by atoms with van der Waals surface area (Å²) in [6.45, 7) is 0. The van der Waals surface area contributed by atoms with E-state index in [0.717, 1.165) is 0 Å². The Kier molecular flexibility index (Phi) is 3.36. The average Bonchev–Trinajstić information content (AvgIpc) is 1.88. The molecule has 0 amide bonds. The predicted octanol–water partition coefficient (Wildman–Crippen LogP) is 3.31. The van der Waals surface area contributed by atoms with E-state index in [2.05, 4.69) is 0 Å². The van der Waals surface area contributed by atoms with Gasteiger partial charge in [-0.05, 0) is 0 Å². The van der Waals surface area contributed by atoms with Gasteiger partial charge in [-0.3, -0.25) is 0 Å². The Balaban J connectivity index is 2.39. The third-order valence-electron chi connectivity index (χ3n) is 2.07. The zero-order chi connectivity index (χ0) is 7.61. The van der Waals surface area contributed by atoms with Gasteiger partial charge in [0.15, 0.2) is 3.42 Å². The van der Waals surface area contributed by atoms with Crippen molar-refractivity contribution in [2.24, 2.45) is 0 Å². The largest absolute Gasteiger partial charge is 0.173 e. The lowest BCUT2D eigenvalue weighted by molar-refractivity contribution is 0.721. The molecule has 0 bridgehead atoms. The predicted molar refractivity (Wildman–Crippen MR) is 50.9 cm³/mol. The highest BCUT2D eigenvalue weighted by molar-refractivity contribution is 6.95. The molecular formula is C6H11Cl3Si. The first-order chi connectivity index (χ1) is 4.61. The van der Waals surface area contributed by atoms with Crippen molar-refractivity contribution in [2.75, 3.05) is 0 Å². The molecule has 0 unspecified atom stereocenters. The molecule has 4 heteroatoms.